The van der Waals surface area contributed by atoms with E-state index in [4.69, 9.17) is 9.47 Å². The molecule has 26 heavy (non-hydrogen) atoms. The van der Waals surface area contributed by atoms with Crippen LogP contribution in [0.4, 0.5) is 4.79 Å². The number of halogens is 1. The van der Waals surface area contributed by atoms with Crippen LogP contribution in [0.5, 0.6) is 5.75 Å². The van der Waals surface area contributed by atoms with Crippen LogP contribution in [0.2, 0.25) is 0 Å². The van der Waals surface area contributed by atoms with Crippen LogP contribution in [0.3, 0.4) is 0 Å². The summed E-state index contributed by atoms with van der Waals surface area (Å²) in [4.78, 5) is 26.2. The third-order valence-corrected chi connectivity index (χ3v) is 4.43. The normalized spacial score (nSPS) is 17.1. The standard InChI is InChI=1S/C19H27BrN2O4/c1-13-6-5-8-22(13)17(23)14-10-15(20)12-16(11-14)25-9-7-21-18(24)26-19(2,3)4/h10-13H,5-9H2,1-4H3,(H,21,24). The highest BCUT2D eigenvalue weighted by Gasteiger charge is 2.26. The highest BCUT2D eigenvalue weighted by Crippen LogP contribution is 2.25. The Morgan fingerprint density at radius 3 is 2.65 bits per heavy atom. The number of nitrogens with zero attached hydrogens (tertiary/aromatic N) is 1. The number of hydrogen-bond acceptors (Lipinski definition) is 4. The summed E-state index contributed by atoms with van der Waals surface area (Å²) in [7, 11) is 0. The van der Waals surface area contributed by atoms with Crippen molar-refractivity contribution in [2.75, 3.05) is 19.7 Å². The predicted octanol–water partition coefficient (Wildman–Crippen LogP) is 3.98. The number of benzene rings is 1. The lowest BCUT2D eigenvalue weighted by Gasteiger charge is -2.22. The third kappa shape index (κ3) is 6.20. The zero-order valence-electron chi connectivity index (χ0n) is 15.8. The van der Waals surface area contributed by atoms with Crippen molar-refractivity contribution >= 4 is 27.9 Å². The van der Waals surface area contributed by atoms with Gasteiger partial charge in [-0.3, -0.25) is 4.79 Å². The summed E-state index contributed by atoms with van der Waals surface area (Å²) < 4.78 is 11.6. The molecule has 0 bridgehead atoms. The summed E-state index contributed by atoms with van der Waals surface area (Å²) in [6, 6.07) is 5.62. The Bertz CT molecular complexity index is 657. The van der Waals surface area contributed by atoms with Crippen LogP contribution >= 0.6 is 15.9 Å². The van der Waals surface area contributed by atoms with Gasteiger partial charge < -0.3 is 19.7 Å². The number of likely N-dealkylation sites (tertiary alicyclic amines) is 1. The van der Waals surface area contributed by atoms with E-state index < -0.39 is 11.7 Å². The Kier molecular flexibility index (Phi) is 6.92. The van der Waals surface area contributed by atoms with Gasteiger partial charge in [0.15, 0.2) is 0 Å². The molecule has 1 aromatic rings. The van der Waals surface area contributed by atoms with Crippen molar-refractivity contribution in [2.24, 2.45) is 0 Å². The highest BCUT2D eigenvalue weighted by atomic mass is 79.9. The van der Waals surface area contributed by atoms with Crippen LogP contribution in [-0.4, -0.2) is 48.2 Å². The molecular weight excluding hydrogens is 400 g/mol. The van der Waals surface area contributed by atoms with Gasteiger partial charge >= 0.3 is 6.09 Å². The van der Waals surface area contributed by atoms with Gasteiger partial charge in [-0.2, -0.15) is 0 Å². The summed E-state index contributed by atoms with van der Waals surface area (Å²) in [5, 5.41) is 2.64. The maximum absolute atomic E-state index is 12.7. The number of rotatable bonds is 5. The average Bonchev–Trinajstić information content (AvgIpc) is 2.94. The molecule has 0 radical (unpaired) electrons. The van der Waals surface area contributed by atoms with Crippen molar-refractivity contribution in [2.45, 2.75) is 52.2 Å². The van der Waals surface area contributed by atoms with Crippen molar-refractivity contribution in [3.8, 4) is 5.75 Å². The average molecular weight is 427 g/mol. The Morgan fingerprint density at radius 2 is 2.04 bits per heavy atom. The molecule has 0 saturated carbocycles. The minimum absolute atomic E-state index is 0.0213. The maximum atomic E-state index is 12.7. The lowest BCUT2D eigenvalue weighted by Crippen LogP contribution is -2.34. The zero-order valence-corrected chi connectivity index (χ0v) is 17.4. The topological polar surface area (TPSA) is 67.9 Å². The fraction of sp³-hybridized carbons (Fsp3) is 0.579. The van der Waals surface area contributed by atoms with Crippen LogP contribution in [0, 0.1) is 0 Å². The molecule has 7 heteroatoms. The maximum Gasteiger partial charge on any atom is 0.407 e. The van der Waals surface area contributed by atoms with E-state index in [-0.39, 0.29) is 18.6 Å². The fourth-order valence-electron chi connectivity index (χ4n) is 2.81. The summed E-state index contributed by atoms with van der Waals surface area (Å²) in [6.07, 6.45) is 1.61. The van der Waals surface area contributed by atoms with E-state index in [2.05, 4.69) is 28.2 Å². The Hall–Kier alpha value is -1.76. The monoisotopic (exact) mass is 426 g/mol. The summed E-state index contributed by atoms with van der Waals surface area (Å²) in [5.41, 5.74) is 0.0697. The molecule has 1 aliphatic heterocycles. The first-order valence-corrected chi connectivity index (χ1v) is 9.66. The highest BCUT2D eigenvalue weighted by molar-refractivity contribution is 9.10. The van der Waals surface area contributed by atoms with Crippen molar-refractivity contribution in [3.05, 3.63) is 28.2 Å². The van der Waals surface area contributed by atoms with Gasteiger partial charge in [0.25, 0.3) is 5.91 Å². The summed E-state index contributed by atoms with van der Waals surface area (Å²) >= 11 is 3.43. The van der Waals surface area contributed by atoms with E-state index in [1.54, 1.807) is 18.2 Å². The van der Waals surface area contributed by atoms with E-state index in [9.17, 15) is 9.59 Å². The Balaban J connectivity index is 1.89. The fourth-order valence-corrected chi connectivity index (χ4v) is 3.28. The molecule has 1 heterocycles. The minimum Gasteiger partial charge on any atom is -0.492 e. The largest absolute Gasteiger partial charge is 0.492 e. The van der Waals surface area contributed by atoms with Gasteiger partial charge in [0.05, 0.1) is 6.54 Å². The van der Waals surface area contributed by atoms with Crippen LogP contribution in [0.25, 0.3) is 0 Å². The van der Waals surface area contributed by atoms with Gasteiger partial charge in [0, 0.05) is 22.6 Å². The molecule has 2 rings (SSSR count). The minimum atomic E-state index is -0.531. The van der Waals surface area contributed by atoms with E-state index >= 15 is 0 Å². The molecule has 0 spiro atoms. The molecule has 144 valence electrons. The molecule has 1 unspecified atom stereocenters. The lowest BCUT2D eigenvalue weighted by atomic mass is 10.1. The SMILES string of the molecule is CC1CCCN1C(=O)c1cc(Br)cc(OCCNC(=O)OC(C)(C)C)c1. The smallest absolute Gasteiger partial charge is 0.407 e. The molecule has 1 aromatic carbocycles. The van der Waals surface area contributed by atoms with E-state index in [0.29, 0.717) is 17.9 Å². The van der Waals surface area contributed by atoms with Crippen LogP contribution in [-0.2, 0) is 4.74 Å². The Morgan fingerprint density at radius 1 is 1.31 bits per heavy atom. The second-order valence-electron chi connectivity index (χ2n) is 7.44. The molecule has 1 aliphatic rings. The third-order valence-electron chi connectivity index (χ3n) is 3.97. The van der Waals surface area contributed by atoms with Crippen molar-refractivity contribution in [1.82, 2.24) is 10.2 Å². The zero-order chi connectivity index (χ0) is 19.3. The number of alkyl carbamates (subject to hydrolysis) is 1. The van der Waals surface area contributed by atoms with E-state index in [1.807, 2.05) is 25.7 Å². The summed E-state index contributed by atoms with van der Waals surface area (Å²) in [6.45, 7) is 8.89. The number of carbonyl (C=O) groups is 2. The number of ether oxygens (including phenoxy) is 2. The van der Waals surface area contributed by atoms with Gasteiger partial charge in [-0.15, -0.1) is 0 Å². The van der Waals surface area contributed by atoms with E-state index in [0.717, 1.165) is 23.9 Å². The summed E-state index contributed by atoms with van der Waals surface area (Å²) in [5.74, 6) is 0.605. The number of amides is 2. The van der Waals surface area contributed by atoms with E-state index in [1.165, 1.54) is 0 Å². The number of hydrogen-bond donors (Lipinski definition) is 1. The molecule has 2 amide bonds. The quantitative estimate of drug-likeness (QED) is 0.722. The first kappa shape index (κ1) is 20.6. The first-order valence-electron chi connectivity index (χ1n) is 8.87. The van der Waals surface area contributed by atoms with Crippen molar-refractivity contribution in [3.63, 3.8) is 0 Å². The first-order chi connectivity index (χ1) is 12.2. The molecular formula is C19H27BrN2O4. The van der Waals surface area contributed by atoms with Gasteiger partial charge in [-0.1, -0.05) is 15.9 Å². The molecule has 0 aliphatic carbocycles. The Labute approximate surface area is 163 Å². The number of carbonyl (C=O) groups excluding carboxylic acids is 2. The van der Waals surface area contributed by atoms with Crippen LogP contribution < -0.4 is 10.1 Å². The molecule has 1 saturated heterocycles. The van der Waals surface area contributed by atoms with Crippen molar-refractivity contribution < 1.29 is 19.1 Å². The van der Waals surface area contributed by atoms with Gasteiger partial charge in [0.2, 0.25) is 0 Å². The lowest BCUT2D eigenvalue weighted by molar-refractivity contribution is 0.0520. The molecule has 6 nitrogen and oxygen atoms in total. The van der Waals surface area contributed by atoms with Crippen molar-refractivity contribution in [1.29, 1.82) is 0 Å². The molecule has 1 atom stereocenters. The van der Waals surface area contributed by atoms with Gasteiger partial charge in [-0.25, -0.2) is 4.79 Å². The molecule has 1 N–H and O–H groups in total. The van der Waals surface area contributed by atoms with Gasteiger partial charge in [0.1, 0.15) is 18.0 Å². The molecule has 0 aromatic heterocycles. The van der Waals surface area contributed by atoms with Crippen LogP contribution in [0.15, 0.2) is 22.7 Å². The second-order valence-corrected chi connectivity index (χ2v) is 8.36. The second kappa shape index (κ2) is 8.75. The number of nitrogens with one attached hydrogen (secondary N) is 1. The predicted molar refractivity (Wildman–Crippen MR) is 104 cm³/mol. The van der Waals surface area contributed by atoms with Gasteiger partial charge in [-0.05, 0) is 58.7 Å². The van der Waals surface area contributed by atoms with Crippen LogP contribution in [0.1, 0.15) is 50.9 Å². The molecule has 1 fully saturated rings.